The van der Waals surface area contributed by atoms with E-state index in [4.69, 9.17) is 19.3 Å². The van der Waals surface area contributed by atoms with E-state index in [1.807, 2.05) is 0 Å². The van der Waals surface area contributed by atoms with E-state index < -0.39 is 68.5 Å². The molecule has 11 nitrogen and oxygen atoms in total. The van der Waals surface area contributed by atoms with Gasteiger partial charge in [-0.1, -0.05) is 0 Å². The minimum atomic E-state index is -1.78. The van der Waals surface area contributed by atoms with E-state index in [0.717, 1.165) is 0 Å². The van der Waals surface area contributed by atoms with Gasteiger partial charge in [0, 0.05) is 0 Å². The fraction of sp³-hybridized carbons (Fsp3) is 0.917. The predicted octanol–water partition coefficient (Wildman–Crippen LogP) is -5.23. The second-order valence-corrected chi connectivity index (χ2v) is 5.37. The van der Waals surface area contributed by atoms with Gasteiger partial charge in [0.15, 0.2) is 18.7 Å². The molecule has 0 aromatic heterocycles. The Morgan fingerprint density at radius 1 is 0.826 bits per heavy atom. The fourth-order valence-corrected chi connectivity index (χ4v) is 2.44. The molecule has 2 heterocycles. The van der Waals surface area contributed by atoms with Crippen LogP contribution in [-0.2, 0) is 14.2 Å². The molecule has 1 radical (unpaired) electrons. The van der Waals surface area contributed by atoms with Crippen LogP contribution in [0.2, 0.25) is 0 Å². The van der Waals surface area contributed by atoms with Crippen molar-refractivity contribution in [2.75, 3.05) is 13.2 Å². The summed E-state index contributed by atoms with van der Waals surface area (Å²) in [5.74, 6) is 0. The summed E-state index contributed by atoms with van der Waals surface area (Å²) in [6, 6.07) is 0. The van der Waals surface area contributed by atoms with Crippen LogP contribution >= 0.6 is 0 Å². The maximum atomic E-state index is 9.92. The average Bonchev–Trinajstić information content (AvgIpc) is 2.55. The molecular formula is C12H21O11. The minimum Gasteiger partial charge on any atom is -0.394 e. The Labute approximate surface area is 130 Å². The van der Waals surface area contributed by atoms with Crippen LogP contribution in [0.5, 0.6) is 0 Å². The van der Waals surface area contributed by atoms with E-state index in [-0.39, 0.29) is 6.10 Å². The Kier molecular flexibility index (Phi) is 6.27. The van der Waals surface area contributed by atoms with Gasteiger partial charge in [-0.15, -0.1) is 0 Å². The van der Waals surface area contributed by atoms with Gasteiger partial charge in [-0.2, -0.15) is 0 Å². The van der Waals surface area contributed by atoms with E-state index >= 15 is 0 Å². The largest absolute Gasteiger partial charge is 0.394 e. The zero-order chi connectivity index (χ0) is 17.3. The lowest BCUT2D eigenvalue weighted by molar-refractivity contribution is -0.339. The molecule has 0 spiro atoms. The molecule has 0 saturated carbocycles. The smallest absolute Gasteiger partial charge is 0.187 e. The Balaban J connectivity index is 2.11. The van der Waals surface area contributed by atoms with Crippen LogP contribution in [0.4, 0.5) is 0 Å². The van der Waals surface area contributed by atoms with Crippen LogP contribution < -0.4 is 0 Å². The van der Waals surface area contributed by atoms with Crippen molar-refractivity contribution in [1.82, 2.24) is 0 Å². The highest BCUT2D eigenvalue weighted by atomic mass is 16.7. The molecule has 23 heavy (non-hydrogen) atoms. The summed E-state index contributed by atoms with van der Waals surface area (Å²) in [7, 11) is 0. The molecule has 0 aromatic carbocycles. The molecule has 8 N–H and O–H groups in total. The van der Waals surface area contributed by atoms with Gasteiger partial charge in [-0.25, -0.2) is 0 Å². The predicted molar refractivity (Wildman–Crippen MR) is 68.1 cm³/mol. The summed E-state index contributed by atoms with van der Waals surface area (Å²) in [6.07, 6.45) is -14.9. The van der Waals surface area contributed by atoms with Crippen molar-refractivity contribution in [2.24, 2.45) is 0 Å². The second kappa shape index (κ2) is 7.63. The van der Waals surface area contributed by atoms with Gasteiger partial charge in [0.2, 0.25) is 0 Å². The SMILES string of the molecule is OC[C]1O[C@H](O)[C@H](O)[C@@H](O)[C@@H]1O[C@H]1O[C@H](CO)[C@@H](O)[C@H](O)[C@H]1O. The molecular weight excluding hydrogens is 320 g/mol. The van der Waals surface area contributed by atoms with Crippen molar-refractivity contribution >= 4 is 0 Å². The first-order chi connectivity index (χ1) is 10.8. The fourth-order valence-electron chi connectivity index (χ4n) is 2.44. The third-order valence-electron chi connectivity index (χ3n) is 3.83. The van der Waals surface area contributed by atoms with Gasteiger partial charge in [-0.3, -0.25) is 0 Å². The molecule has 0 bridgehead atoms. The normalized spacial score (nSPS) is 49.3. The third kappa shape index (κ3) is 3.65. The van der Waals surface area contributed by atoms with Crippen molar-refractivity contribution < 1.29 is 55.1 Å². The summed E-state index contributed by atoms with van der Waals surface area (Å²) in [6.45, 7) is -1.44. The Morgan fingerprint density at radius 3 is 2.04 bits per heavy atom. The summed E-state index contributed by atoms with van der Waals surface area (Å²) in [4.78, 5) is 0. The van der Waals surface area contributed by atoms with E-state index in [1.54, 1.807) is 0 Å². The maximum Gasteiger partial charge on any atom is 0.187 e. The number of aliphatic hydroxyl groups is 8. The van der Waals surface area contributed by atoms with E-state index in [1.165, 1.54) is 0 Å². The molecule has 2 fully saturated rings. The number of hydrogen-bond acceptors (Lipinski definition) is 11. The first-order valence-corrected chi connectivity index (χ1v) is 6.95. The van der Waals surface area contributed by atoms with Crippen LogP contribution in [0, 0.1) is 6.10 Å². The van der Waals surface area contributed by atoms with Crippen molar-refractivity contribution in [3.63, 3.8) is 0 Å². The number of aliphatic hydroxyl groups excluding tert-OH is 8. The quantitative estimate of drug-likeness (QED) is 0.244. The Morgan fingerprint density at radius 2 is 1.48 bits per heavy atom. The molecule has 0 aromatic rings. The van der Waals surface area contributed by atoms with Gasteiger partial charge >= 0.3 is 0 Å². The third-order valence-corrected chi connectivity index (χ3v) is 3.83. The molecule has 2 rings (SSSR count). The highest BCUT2D eigenvalue weighted by molar-refractivity contribution is 5.02. The highest BCUT2D eigenvalue weighted by Crippen LogP contribution is 2.31. The lowest BCUT2D eigenvalue weighted by Crippen LogP contribution is -2.62. The summed E-state index contributed by atoms with van der Waals surface area (Å²) >= 11 is 0. The molecule has 9 atom stereocenters. The van der Waals surface area contributed by atoms with Crippen molar-refractivity contribution in [2.45, 2.75) is 55.3 Å². The van der Waals surface area contributed by atoms with Gasteiger partial charge in [0.1, 0.15) is 42.7 Å². The molecule has 2 saturated heterocycles. The van der Waals surface area contributed by atoms with Crippen LogP contribution in [0.1, 0.15) is 0 Å². The van der Waals surface area contributed by atoms with Crippen LogP contribution in [-0.4, -0.2) is 109 Å². The Hall–Kier alpha value is -0.440. The summed E-state index contributed by atoms with van der Waals surface area (Å²) < 4.78 is 15.1. The highest BCUT2D eigenvalue weighted by Gasteiger charge is 2.50. The summed E-state index contributed by atoms with van der Waals surface area (Å²) in [5, 5.41) is 76.4. The van der Waals surface area contributed by atoms with Gasteiger partial charge in [-0.05, 0) is 0 Å². The molecule has 0 aliphatic carbocycles. The van der Waals surface area contributed by atoms with Crippen molar-refractivity contribution in [3.8, 4) is 0 Å². The molecule has 2 aliphatic rings. The molecule has 0 unspecified atom stereocenters. The lowest BCUT2D eigenvalue weighted by atomic mass is 9.97. The van der Waals surface area contributed by atoms with Crippen LogP contribution in [0.15, 0.2) is 0 Å². The van der Waals surface area contributed by atoms with Crippen LogP contribution in [0.3, 0.4) is 0 Å². The van der Waals surface area contributed by atoms with E-state index in [0.29, 0.717) is 0 Å². The number of ether oxygens (including phenoxy) is 3. The van der Waals surface area contributed by atoms with E-state index in [9.17, 15) is 35.7 Å². The van der Waals surface area contributed by atoms with Gasteiger partial charge < -0.3 is 55.1 Å². The standard InChI is InChI=1S/C12H21O11/c13-1-3-5(15)6(16)9(19)12(22-3)23-10-4(2-14)21-11(20)8(18)7(10)17/h3,5-20H,1-2H2/t3-,5-,6+,7-,8-,9-,10-,11+,12-/m1/s1. The topological polar surface area (TPSA) is 190 Å². The maximum absolute atomic E-state index is 9.92. The van der Waals surface area contributed by atoms with Gasteiger partial charge in [0.25, 0.3) is 0 Å². The second-order valence-electron chi connectivity index (χ2n) is 5.37. The Bertz CT molecular complexity index is 378. The zero-order valence-corrected chi connectivity index (χ0v) is 11.9. The first kappa shape index (κ1) is 18.9. The molecule has 0 amide bonds. The average molecular weight is 341 g/mol. The first-order valence-electron chi connectivity index (χ1n) is 6.95. The monoisotopic (exact) mass is 341 g/mol. The number of rotatable bonds is 4. The molecule has 2 aliphatic heterocycles. The molecule has 11 heteroatoms. The van der Waals surface area contributed by atoms with Crippen molar-refractivity contribution in [3.05, 3.63) is 6.10 Å². The minimum absolute atomic E-state index is 0.327. The van der Waals surface area contributed by atoms with E-state index in [2.05, 4.69) is 0 Å². The van der Waals surface area contributed by atoms with Crippen LogP contribution in [0.25, 0.3) is 0 Å². The lowest BCUT2D eigenvalue weighted by Gasteiger charge is -2.44. The number of hydrogen-bond donors (Lipinski definition) is 8. The summed E-state index contributed by atoms with van der Waals surface area (Å²) in [5.41, 5.74) is 0. The zero-order valence-electron chi connectivity index (χ0n) is 11.9. The van der Waals surface area contributed by atoms with Gasteiger partial charge in [0.05, 0.1) is 13.2 Å². The van der Waals surface area contributed by atoms with Crippen molar-refractivity contribution in [1.29, 1.82) is 0 Å². The molecule has 135 valence electrons.